The topological polar surface area (TPSA) is 78.9 Å². The van der Waals surface area contributed by atoms with Gasteiger partial charge in [0.15, 0.2) is 0 Å². The summed E-state index contributed by atoms with van der Waals surface area (Å²) in [7, 11) is 6.79. The summed E-state index contributed by atoms with van der Waals surface area (Å²) in [6, 6.07) is 0. The van der Waals surface area contributed by atoms with Gasteiger partial charge in [-0.25, -0.2) is 14.4 Å². The summed E-state index contributed by atoms with van der Waals surface area (Å²) >= 11 is 0. The van der Waals surface area contributed by atoms with Crippen LogP contribution >= 0.6 is 0 Å². The molecule has 0 radical (unpaired) electrons. The van der Waals surface area contributed by atoms with Crippen molar-refractivity contribution in [2.75, 3.05) is 47.5 Å². The first-order valence-corrected chi connectivity index (χ1v) is 13.1. The summed E-state index contributed by atoms with van der Waals surface area (Å²) in [5.74, 6) is -1.24. The molecule has 8 heteroatoms. The van der Waals surface area contributed by atoms with Crippen molar-refractivity contribution in [3.8, 4) is 0 Å². The zero-order valence-electron chi connectivity index (χ0n) is 24.3. The molecule has 0 saturated heterocycles. The lowest BCUT2D eigenvalue weighted by Gasteiger charge is -2.23. The van der Waals surface area contributed by atoms with E-state index in [1.54, 1.807) is 20.8 Å². The molecule has 0 N–H and O–H groups in total. The molecule has 0 aliphatic carbocycles. The molecule has 0 atom stereocenters. The van der Waals surface area contributed by atoms with Crippen LogP contribution in [0.2, 0.25) is 0 Å². The number of quaternary nitrogens is 1. The minimum Gasteiger partial charge on any atom is -1.00 e. The summed E-state index contributed by atoms with van der Waals surface area (Å²) < 4.78 is 15.5. The fraction of sp³-hybridized carbons (Fsp3) is 0.690. The van der Waals surface area contributed by atoms with Gasteiger partial charge < -0.3 is 31.1 Å². The first-order chi connectivity index (χ1) is 16.8. The van der Waals surface area contributed by atoms with Crippen molar-refractivity contribution in [2.24, 2.45) is 0 Å². The monoisotopic (exact) mass is 545 g/mol. The van der Waals surface area contributed by atoms with Crippen molar-refractivity contribution in [2.45, 2.75) is 85.0 Å². The maximum atomic E-state index is 11.2. The number of halogens is 1. The van der Waals surface area contributed by atoms with E-state index in [9.17, 15) is 14.4 Å². The lowest BCUT2D eigenvalue weighted by Crippen LogP contribution is -3.00. The Labute approximate surface area is 232 Å². The summed E-state index contributed by atoms with van der Waals surface area (Å²) in [6.45, 7) is 17.0. The zero-order valence-corrected chi connectivity index (χ0v) is 25.1. The summed E-state index contributed by atoms with van der Waals surface area (Å²) in [4.78, 5) is 32.8. The molecule has 0 aromatic heterocycles. The van der Waals surface area contributed by atoms with E-state index in [4.69, 9.17) is 4.74 Å². The fourth-order valence-electron chi connectivity index (χ4n) is 2.91. The largest absolute Gasteiger partial charge is 1.00 e. The van der Waals surface area contributed by atoms with Crippen molar-refractivity contribution in [3.63, 3.8) is 0 Å². The standard InChI is InChI=1S/C19H38NO2.C10H14O4.ClH/c1-18(2)19(21)22-17-15-13-11-9-7-6-8-10-12-14-16-20(3,4)5;1-7(2)9(11)13-5-6-14-10(12)8(3)4;/h1,6-17H2,2-5H3;1,3,5-6H2,2,4H3;1H/q+1;;/p-1. The van der Waals surface area contributed by atoms with Crippen LogP contribution in [0, 0.1) is 0 Å². The maximum absolute atomic E-state index is 11.2. The molecule has 0 aliphatic rings. The predicted molar refractivity (Wildman–Crippen MR) is 146 cm³/mol. The van der Waals surface area contributed by atoms with Crippen LogP contribution in [-0.4, -0.2) is 69.9 Å². The second-order valence-electron chi connectivity index (χ2n) is 10.3. The van der Waals surface area contributed by atoms with Gasteiger partial charge in [0.1, 0.15) is 13.2 Å². The number of hydrogen-bond donors (Lipinski definition) is 0. The highest BCUT2D eigenvalue weighted by Gasteiger charge is 2.06. The van der Waals surface area contributed by atoms with Gasteiger partial charge in [-0.2, -0.15) is 0 Å². The van der Waals surface area contributed by atoms with E-state index < -0.39 is 11.9 Å². The fourth-order valence-corrected chi connectivity index (χ4v) is 2.91. The van der Waals surface area contributed by atoms with Crippen LogP contribution in [-0.2, 0) is 28.6 Å². The van der Waals surface area contributed by atoms with E-state index in [0.29, 0.717) is 23.3 Å². The average Bonchev–Trinajstić information content (AvgIpc) is 2.78. The normalized spacial score (nSPS) is 10.2. The first kappa shape index (κ1) is 39.4. The Kier molecular flexibility index (Phi) is 25.8. The van der Waals surface area contributed by atoms with Crippen LogP contribution in [0.3, 0.4) is 0 Å². The third kappa shape index (κ3) is 30.0. The van der Waals surface area contributed by atoms with Crippen molar-refractivity contribution < 1.29 is 45.5 Å². The molecule has 0 amide bonds. The van der Waals surface area contributed by atoms with E-state index in [2.05, 4.69) is 50.4 Å². The van der Waals surface area contributed by atoms with Crippen molar-refractivity contribution in [3.05, 3.63) is 36.5 Å². The lowest BCUT2D eigenvalue weighted by molar-refractivity contribution is -0.870. The molecule has 0 spiro atoms. The molecule has 0 rings (SSSR count). The minimum absolute atomic E-state index is 0. The summed E-state index contributed by atoms with van der Waals surface area (Å²) in [5.41, 5.74) is 1.12. The molecule has 37 heavy (non-hydrogen) atoms. The predicted octanol–water partition coefficient (Wildman–Crippen LogP) is 2.94. The number of rotatable bonds is 19. The first-order valence-electron chi connectivity index (χ1n) is 13.1. The van der Waals surface area contributed by atoms with E-state index in [1.165, 1.54) is 57.9 Å². The molecule has 0 fully saturated rings. The second kappa shape index (κ2) is 24.2. The van der Waals surface area contributed by atoms with Crippen LogP contribution in [0.25, 0.3) is 0 Å². The number of hydrogen-bond acceptors (Lipinski definition) is 6. The number of esters is 3. The highest BCUT2D eigenvalue weighted by atomic mass is 35.5. The van der Waals surface area contributed by atoms with Crippen LogP contribution < -0.4 is 12.4 Å². The molecule has 0 bridgehead atoms. The van der Waals surface area contributed by atoms with Gasteiger partial charge in [0.25, 0.3) is 0 Å². The van der Waals surface area contributed by atoms with Gasteiger partial charge in [-0.3, -0.25) is 0 Å². The van der Waals surface area contributed by atoms with Gasteiger partial charge in [0.05, 0.1) is 34.3 Å². The molecule has 0 unspecified atom stereocenters. The van der Waals surface area contributed by atoms with Crippen LogP contribution in [0.1, 0.15) is 85.0 Å². The molecule has 0 saturated carbocycles. The molecule has 0 heterocycles. The molecule has 216 valence electrons. The Morgan fingerprint density at radius 2 is 0.784 bits per heavy atom. The molecule has 0 aromatic carbocycles. The number of ether oxygens (including phenoxy) is 3. The minimum atomic E-state index is -0.489. The lowest BCUT2D eigenvalue weighted by atomic mass is 10.1. The Bertz CT molecular complexity index is 669. The van der Waals surface area contributed by atoms with Gasteiger partial charge in [-0.15, -0.1) is 0 Å². The number of unbranched alkanes of at least 4 members (excludes halogenated alkanes) is 9. The van der Waals surface area contributed by atoms with Gasteiger partial charge >= 0.3 is 17.9 Å². The molecule has 0 aromatic rings. The van der Waals surface area contributed by atoms with Crippen LogP contribution in [0.5, 0.6) is 0 Å². The molecular formula is C29H52ClNO6. The molecule has 0 aliphatic heterocycles. The molecule has 7 nitrogen and oxygen atoms in total. The van der Waals surface area contributed by atoms with E-state index in [0.717, 1.165) is 17.3 Å². The van der Waals surface area contributed by atoms with Gasteiger partial charge in [-0.1, -0.05) is 64.7 Å². The SMILES string of the molecule is C=C(C)C(=O)OCCCCCCCCCCCC[N+](C)(C)C.C=C(C)C(=O)OCCOC(=O)C(=C)C.[Cl-]. The van der Waals surface area contributed by atoms with Crippen LogP contribution in [0.15, 0.2) is 36.5 Å². The van der Waals surface area contributed by atoms with Crippen LogP contribution in [0.4, 0.5) is 0 Å². The van der Waals surface area contributed by atoms with E-state index in [-0.39, 0.29) is 31.6 Å². The smallest absolute Gasteiger partial charge is 0.333 e. The average molecular weight is 546 g/mol. The number of carbonyl (C=O) groups excluding carboxylic acids is 3. The van der Waals surface area contributed by atoms with Gasteiger partial charge in [-0.05, 0) is 40.0 Å². The van der Waals surface area contributed by atoms with Crippen molar-refractivity contribution in [1.82, 2.24) is 0 Å². The van der Waals surface area contributed by atoms with Gasteiger partial charge in [0.2, 0.25) is 0 Å². The Morgan fingerprint density at radius 1 is 0.514 bits per heavy atom. The summed E-state index contributed by atoms with van der Waals surface area (Å²) in [5, 5.41) is 0. The Morgan fingerprint density at radius 3 is 1.08 bits per heavy atom. The third-order valence-electron chi connectivity index (χ3n) is 5.05. The molecular weight excluding hydrogens is 494 g/mol. The number of carbonyl (C=O) groups is 3. The van der Waals surface area contributed by atoms with E-state index >= 15 is 0 Å². The third-order valence-corrected chi connectivity index (χ3v) is 5.05. The maximum Gasteiger partial charge on any atom is 0.333 e. The summed E-state index contributed by atoms with van der Waals surface area (Å²) in [6.07, 6.45) is 12.9. The highest BCUT2D eigenvalue weighted by molar-refractivity contribution is 5.87. The number of nitrogens with zero attached hydrogens (tertiary/aromatic N) is 1. The Hall–Kier alpha value is -2.12. The van der Waals surface area contributed by atoms with E-state index in [1.807, 2.05) is 0 Å². The van der Waals surface area contributed by atoms with Gasteiger partial charge in [0, 0.05) is 16.7 Å². The highest BCUT2D eigenvalue weighted by Crippen LogP contribution is 2.11. The Balaban J connectivity index is -0.000000668. The van der Waals surface area contributed by atoms with Crippen molar-refractivity contribution in [1.29, 1.82) is 0 Å². The quantitative estimate of drug-likeness (QED) is 0.0816. The van der Waals surface area contributed by atoms with Crippen molar-refractivity contribution >= 4 is 17.9 Å². The zero-order chi connectivity index (χ0) is 28.0. The second-order valence-corrected chi connectivity index (χ2v) is 10.3.